The summed E-state index contributed by atoms with van der Waals surface area (Å²) in [4.78, 5) is 11.2. The summed E-state index contributed by atoms with van der Waals surface area (Å²) in [5.74, 6) is -0.310. The second kappa shape index (κ2) is 4.29. The van der Waals surface area contributed by atoms with E-state index in [1.54, 1.807) is 0 Å². The standard InChI is InChI=1S/C9H16O4S/c1-13-9(10)7-3-5-8(6-4-7)14(2,11)12/h7-8H,3-6H2,1-2H3. The van der Waals surface area contributed by atoms with E-state index < -0.39 is 9.84 Å². The van der Waals surface area contributed by atoms with Crippen molar-refractivity contribution in [2.75, 3.05) is 13.4 Å². The lowest BCUT2D eigenvalue weighted by molar-refractivity contribution is -0.146. The van der Waals surface area contributed by atoms with Crippen LogP contribution in [-0.4, -0.2) is 33.0 Å². The molecular formula is C9H16O4S. The molecule has 82 valence electrons. The lowest BCUT2D eigenvalue weighted by Crippen LogP contribution is -2.29. The van der Waals surface area contributed by atoms with Crippen LogP contribution in [0.25, 0.3) is 0 Å². The molecule has 0 atom stereocenters. The van der Waals surface area contributed by atoms with Crippen molar-refractivity contribution >= 4 is 15.8 Å². The summed E-state index contributed by atoms with van der Waals surface area (Å²) >= 11 is 0. The molecule has 4 nitrogen and oxygen atoms in total. The smallest absolute Gasteiger partial charge is 0.308 e. The SMILES string of the molecule is COC(=O)C1CCC(S(C)(=O)=O)CC1. The fourth-order valence-electron chi connectivity index (χ4n) is 1.89. The first kappa shape index (κ1) is 11.5. The van der Waals surface area contributed by atoms with Gasteiger partial charge in [-0.15, -0.1) is 0 Å². The molecule has 0 aliphatic heterocycles. The van der Waals surface area contributed by atoms with Crippen LogP contribution in [0.2, 0.25) is 0 Å². The van der Waals surface area contributed by atoms with Gasteiger partial charge in [0.05, 0.1) is 18.3 Å². The number of carbonyl (C=O) groups excluding carboxylic acids is 1. The second-order valence-corrected chi connectivity index (χ2v) is 6.15. The van der Waals surface area contributed by atoms with Gasteiger partial charge >= 0.3 is 5.97 Å². The Morgan fingerprint density at radius 2 is 1.71 bits per heavy atom. The Labute approximate surface area is 84.6 Å². The highest BCUT2D eigenvalue weighted by Gasteiger charge is 2.31. The van der Waals surface area contributed by atoms with Crippen LogP contribution >= 0.6 is 0 Å². The second-order valence-electron chi connectivity index (χ2n) is 3.83. The Kier molecular flexibility index (Phi) is 3.53. The van der Waals surface area contributed by atoms with Crippen LogP contribution < -0.4 is 0 Å². The summed E-state index contributed by atoms with van der Waals surface area (Å²) < 4.78 is 27.1. The zero-order valence-electron chi connectivity index (χ0n) is 8.52. The van der Waals surface area contributed by atoms with E-state index in [9.17, 15) is 13.2 Å². The topological polar surface area (TPSA) is 60.4 Å². The highest BCUT2D eigenvalue weighted by atomic mass is 32.2. The average Bonchev–Trinajstić information content (AvgIpc) is 2.15. The van der Waals surface area contributed by atoms with E-state index in [1.165, 1.54) is 13.4 Å². The van der Waals surface area contributed by atoms with Crippen LogP contribution in [0.5, 0.6) is 0 Å². The van der Waals surface area contributed by atoms with E-state index in [0.29, 0.717) is 25.7 Å². The number of esters is 1. The Hall–Kier alpha value is -0.580. The Balaban J connectivity index is 2.51. The van der Waals surface area contributed by atoms with Gasteiger partial charge in [0.15, 0.2) is 0 Å². The van der Waals surface area contributed by atoms with Crippen LogP contribution in [-0.2, 0) is 19.4 Å². The predicted octanol–water partition coefficient (Wildman–Crippen LogP) is 0.763. The number of methoxy groups -OCH3 is 1. The van der Waals surface area contributed by atoms with Gasteiger partial charge in [-0.2, -0.15) is 0 Å². The van der Waals surface area contributed by atoms with Gasteiger partial charge in [0.1, 0.15) is 9.84 Å². The predicted molar refractivity (Wildman–Crippen MR) is 52.6 cm³/mol. The molecule has 5 heteroatoms. The van der Waals surface area contributed by atoms with Gasteiger partial charge in [0.2, 0.25) is 0 Å². The molecule has 0 amide bonds. The van der Waals surface area contributed by atoms with E-state index in [4.69, 9.17) is 0 Å². The van der Waals surface area contributed by atoms with Crippen molar-refractivity contribution in [3.8, 4) is 0 Å². The van der Waals surface area contributed by atoms with E-state index >= 15 is 0 Å². The van der Waals surface area contributed by atoms with Crippen LogP contribution in [0.15, 0.2) is 0 Å². The van der Waals surface area contributed by atoms with E-state index in [2.05, 4.69) is 4.74 Å². The van der Waals surface area contributed by atoms with Crippen molar-refractivity contribution in [3.63, 3.8) is 0 Å². The average molecular weight is 220 g/mol. The van der Waals surface area contributed by atoms with Crippen molar-refractivity contribution in [3.05, 3.63) is 0 Å². The molecule has 0 aromatic heterocycles. The first-order chi connectivity index (χ1) is 6.45. The van der Waals surface area contributed by atoms with Gasteiger partial charge in [-0.3, -0.25) is 4.79 Å². The van der Waals surface area contributed by atoms with Crippen molar-refractivity contribution in [1.82, 2.24) is 0 Å². The quantitative estimate of drug-likeness (QED) is 0.645. The van der Waals surface area contributed by atoms with Crippen molar-refractivity contribution in [2.45, 2.75) is 30.9 Å². The molecule has 0 unspecified atom stereocenters. The minimum absolute atomic E-state index is 0.0991. The molecule has 0 bridgehead atoms. The lowest BCUT2D eigenvalue weighted by Gasteiger charge is -2.25. The minimum Gasteiger partial charge on any atom is -0.469 e. The number of sulfone groups is 1. The normalized spacial score (nSPS) is 28.4. The van der Waals surface area contributed by atoms with Crippen molar-refractivity contribution in [2.24, 2.45) is 5.92 Å². The minimum atomic E-state index is -2.93. The van der Waals surface area contributed by atoms with Crippen LogP contribution in [0.4, 0.5) is 0 Å². The van der Waals surface area contributed by atoms with Gasteiger partial charge in [-0.1, -0.05) is 0 Å². The summed E-state index contributed by atoms with van der Waals surface area (Å²) in [6.45, 7) is 0. The third-order valence-electron chi connectivity index (χ3n) is 2.81. The number of hydrogen-bond acceptors (Lipinski definition) is 4. The molecule has 0 aromatic rings. The maximum absolute atomic E-state index is 11.2. The molecule has 0 radical (unpaired) electrons. The Morgan fingerprint density at radius 1 is 1.21 bits per heavy atom. The summed E-state index contributed by atoms with van der Waals surface area (Å²) in [5.41, 5.74) is 0. The van der Waals surface area contributed by atoms with Gasteiger partial charge in [0.25, 0.3) is 0 Å². The number of carbonyl (C=O) groups is 1. The van der Waals surface area contributed by atoms with Crippen molar-refractivity contribution in [1.29, 1.82) is 0 Å². The molecule has 0 aromatic carbocycles. The molecule has 1 aliphatic carbocycles. The molecule has 1 aliphatic rings. The molecule has 0 saturated heterocycles. The summed E-state index contributed by atoms with van der Waals surface area (Å²) in [5, 5.41) is -0.261. The molecule has 0 heterocycles. The fourth-order valence-corrected chi connectivity index (χ4v) is 3.02. The first-order valence-corrected chi connectivity index (χ1v) is 6.67. The van der Waals surface area contributed by atoms with Crippen molar-refractivity contribution < 1.29 is 17.9 Å². The Morgan fingerprint density at radius 3 is 2.07 bits per heavy atom. The maximum Gasteiger partial charge on any atom is 0.308 e. The largest absolute Gasteiger partial charge is 0.469 e. The van der Waals surface area contributed by atoms with Crippen LogP contribution in [0, 0.1) is 5.92 Å². The van der Waals surface area contributed by atoms with Crippen LogP contribution in [0.3, 0.4) is 0 Å². The van der Waals surface area contributed by atoms with Gasteiger partial charge in [0, 0.05) is 6.26 Å². The number of rotatable bonds is 2. The highest BCUT2D eigenvalue weighted by Crippen LogP contribution is 2.28. The summed E-state index contributed by atoms with van der Waals surface area (Å²) in [6, 6.07) is 0. The number of ether oxygens (including phenoxy) is 1. The molecule has 14 heavy (non-hydrogen) atoms. The third kappa shape index (κ3) is 2.70. The van der Waals surface area contributed by atoms with E-state index in [-0.39, 0.29) is 17.1 Å². The van der Waals surface area contributed by atoms with Gasteiger partial charge in [-0.25, -0.2) is 8.42 Å². The van der Waals surface area contributed by atoms with E-state index in [0.717, 1.165) is 0 Å². The number of hydrogen-bond donors (Lipinski definition) is 0. The zero-order chi connectivity index (χ0) is 10.8. The summed E-state index contributed by atoms with van der Waals surface area (Å²) in [6.07, 6.45) is 3.68. The Bertz CT molecular complexity index is 299. The fraction of sp³-hybridized carbons (Fsp3) is 0.889. The third-order valence-corrected chi connectivity index (χ3v) is 4.50. The lowest BCUT2D eigenvalue weighted by atomic mass is 9.89. The van der Waals surface area contributed by atoms with Gasteiger partial charge in [-0.05, 0) is 25.7 Å². The monoisotopic (exact) mass is 220 g/mol. The molecule has 1 fully saturated rings. The molecule has 0 N–H and O–H groups in total. The molecule has 1 rings (SSSR count). The van der Waals surface area contributed by atoms with Gasteiger partial charge < -0.3 is 4.74 Å². The zero-order valence-corrected chi connectivity index (χ0v) is 9.34. The van der Waals surface area contributed by atoms with E-state index in [1.807, 2.05) is 0 Å². The molecule has 0 spiro atoms. The first-order valence-electron chi connectivity index (χ1n) is 4.72. The highest BCUT2D eigenvalue weighted by molar-refractivity contribution is 7.91. The summed E-state index contributed by atoms with van der Waals surface area (Å²) in [7, 11) is -1.57. The molecule has 1 saturated carbocycles. The molecular weight excluding hydrogens is 204 g/mol. The van der Waals surface area contributed by atoms with Crippen LogP contribution in [0.1, 0.15) is 25.7 Å². The maximum atomic E-state index is 11.2.